The Balaban J connectivity index is 2.27. The molecule has 0 unspecified atom stereocenters. The lowest BCUT2D eigenvalue weighted by atomic mass is 10.1. The third kappa shape index (κ3) is 2.71. The smallest absolute Gasteiger partial charge is 0.158 e. The minimum absolute atomic E-state index is 0.778. The molecule has 1 aromatic carbocycles. The van der Waals surface area contributed by atoms with Gasteiger partial charge >= 0.3 is 0 Å². The minimum atomic E-state index is 0.778. The topological polar surface area (TPSA) is 29.8 Å². The van der Waals surface area contributed by atoms with Gasteiger partial charge in [0.25, 0.3) is 0 Å². The maximum Gasteiger partial charge on any atom is 0.158 e. The summed E-state index contributed by atoms with van der Waals surface area (Å²) >= 11 is 6.11. The number of quaternary nitrogens is 1. The van der Waals surface area contributed by atoms with E-state index in [9.17, 15) is 0 Å². The molecule has 0 atom stereocenters. The van der Waals surface area contributed by atoms with Gasteiger partial charge < -0.3 is 9.73 Å². The number of hydrogen-bond acceptors (Lipinski definition) is 1. The molecule has 0 amide bonds. The molecule has 1 heterocycles. The zero-order valence-electron chi connectivity index (χ0n) is 10.2. The number of halogens is 1. The van der Waals surface area contributed by atoms with Crippen molar-refractivity contribution in [2.75, 3.05) is 6.54 Å². The summed E-state index contributed by atoms with van der Waals surface area (Å²) in [5.41, 5.74) is 2.13. The number of rotatable bonds is 4. The van der Waals surface area contributed by atoms with Crippen LogP contribution >= 0.6 is 11.6 Å². The number of benzene rings is 1. The lowest BCUT2D eigenvalue weighted by Gasteiger charge is -2.04. The van der Waals surface area contributed by atoms with Crippen LogP contribution in [0.5, 0.6) is 0 Å². The number of furan rings is 1. The molecule has 17 heavy (non-hydrogen) atoms. The summed E-state index contributed by atoms with van der Waals surface area (Å²) < 4.78 is 5.82. The van der Waals surface area contributed by atoms with Crippen LogP contribution in [-0.2, 0) is 6.54 Å². The van der Waals surface area contributed by atoms with Gasteiger partial charge in [-0.25, -0.2) is 0 Å². The highest BCUT2D eigenvalue weighted by atomic mass is 35.5. The number of nitrogens with two attached hydrogens (primary N) is 1. The second kappa shape index (κ2) is 5.39. The van der Waals surface area contributed by atoms with Crippen molar-refractivity contribution in [3.05, 3.63) is 46.7 Å². The molecule has 0 fully saturated rings. The highest BCUT2D eigenvalue weighted by Gasteiger charge is 2.09. The molecule has 0 saturated heterocycles. The summed E-state index contributed by atoms with van der Waals surface area (Å²) in [5, 5.41) is 2.98. The van der Waals surface area contributed by atoms with Crippen LogP contribution in [0.2, 0.25) is 5.02 Å². The molecule has 2 aromatic rings. The third-order valence-corrected chi connectivity index (χ3v) is 3.24. The van der Waals surface area contributed by atoms with E-state index < -0.39 is 0 Å². The lowest BCUT2D eigenvalue weighted by Crippen LogP contribution is -2.81. The largest absolute Gasteiger partial charge is 0.455 e. The molecular weight excluding hydrogens is 234 g/mol. The van der Waals surface area contributed by atoms with Crippen LogP contribution in [-0.4, -0.2) is 6.54 Å². The maximum atomic E-state index is 6.11. The molecule has 3 heteroatoms. The van der Waals surface area contributed by atoms with Gasteiger partial charge in [-0.1, -0.05) is 23.7 Å². The van der Waals surface area contributed by atoms with Crippen molar-refractivity contribution in [3.63, 3.8) is 0 Å². The monoisotopic (exact) mass is 250 g/mol. The standard InChI is InChI=1S/C14H16ClNO/c1-3-16-9-11-7-8-14(17-11)12-5-4-6-13(15)10(12)2/h4-8,16H,3,9H2,1-2H3/p+1. The van der Waals surface area contributed by atoms with Crippen molar-refractivity contribution < 1.29 is 9.73 Å². The fourth-order valence-corrected chi connectivity index (χ4v) is 1.97. The van der Waals surface area contributed by atoms with Gasteiger partial charge in [-0.05, 0) is 37.6 Å². The van der Waals surface area contributed by atoms with Crippen LogP contribution < -0.4 is 5.32 Å². The van der Waals surface area contributed by atoms with E-state index in [1.54, 1.807) is 0 Å². The van der Waals surface area contributed by atoms with Crippen LogP contribution in [0.25, 0.3) is 11.3 Å². The molecule has 0 saturated carbocycles. The first-order chi connectivity index (χ1) is 8.22. The van der Waals surface area contributed by atoms with E-state index in [2.05, 4.69) is 12.2 Å². The normalized spacial score (nSPS) is 10.8. The van der Waals surface area contributed by atoms with Gasteiger partial charge in [-0.3, -0.25) is 0 Å². The summed E-state index contributed by atoms with van der Waals surface area (Å²) in [6, 6.07) is 9.92. The highest BCUT2D eigenvalue weighted by Crippen LogP contribution is 2.29. The second-order valence-electron chi connectivity index (χ2n) is 4.08. The van der Waals surface area contributed by atoms with E-state index in [1.807, 2.05) is 37.3 Å². The zero-order valence-corrected chi connectivity index (χ0v) is 10.9. The van der Waals surface area contributed by atoms with Crippen LogP contribution in [0.3, 0.4) is 0 Å². The summed E-state index contributed by atoms with van der Waals surface area (Å²) in [4.78, 5) is 0. The van der Waals surface area contributed by atoms with Crippen molar-refractivity contribution in [2.24, 2.45) is 0 Å². The second-order valence-corrected chi connectivity index (χ2v) is 4.49. The van der Waals surface area contributed by atoms with Crippen LogP contribution in [0.15, 0.2) is 34.7 Å². The van der Waals surface area contributed by atoms with E-state index in [4.69, 9.17) is 16.0 Å². The number of hydrogen-bond donors (Lipinski definition) is 1. The van der Waals surface area contributed by atoms with Gasteiger partial charge in [0.05, 0.1) is 6.54 Å². The average molecular weight is 251 g/mol. The molecule has 2 rings (SSSR count). The van der Waals surface area contributed by atoms with E-state index in [1.165, 1.54) is 0 Å². The first-order valence-electron chi connectivity index (χ1n) is 5.88. The molecular formula is C14H17ClNO+. The molecule has 90 valence electrons. The molecule has 2 nitrogen and oxygen atoms in total. The SMILES string of the molecule is CC[NH2+]Cc1ccc(-c2cccc(Cl)c2C)o1. The molecule has 0 spiro atoms. The summed E-state index contributed by atoms with van der Waals surface area (Å²) in [6.07, 6.45) is 0. The predicted octanol–water partition coefficient (Wildman–Crippen LogP) is 2.99. The van der Waals surface area contributed by atoms with Crippen LogP contribution in [0, 0.1) is 6.92 Å². The van der Waals surface area contributed by atoms with E-state index in [-0.39, 0.29) is 0 Å². The Labute approximate surface area is 107 Å². The third-order valence-electron chi connectivity index (χ3n) is 2.83. The van der Waals surface area contributed by atoms with Crippen molar-refractivity contribution in [2.45, 2.75) is 20.4 Å². The van der Waals surface area contributed by atoms with Crippen LogP contribution in [0.4, 0.5) is 0 Å². The van der Waals surface area contributed by atoms with Crippen molar-refractivity contribution in [1.82, 2.24) is 0 Å². The Morgan fingerprint density at radius 3 is 2.82 bits per heavy atom. The van der Waals surface area contributed by atoms with Crippen molar-refractivity contribution in [1.29, 1.82) is 0 Å². The Morgan fingerprint density at radius 2 is 2.06 bits per heavy atom. The lowest BCUT2D eigenvalue weighted by molar-refractivity contribution is -0.669. The first-order valence-corrected chi connectivity index (χ1v) is 6.26. The Kier molecular flexibility index (Phi) is 3.87. The molecule has 2 N–H and O–H groups in total. The highest BCUT2D eigenvalue weighted by molar-refractivity contribution is 6.31. The van der Waals surface area contributed by atoms with Gasteiger partial charge in [-0.15, -0.1) is 0 Å². The average Bonchev–Trinajstić information content (AvgIpc) is 2.78. The van der Waals surface area contributed by atoms with Crippen molar-refractivity contribution in [3.8, 4) is 11.3 Å². The molecule has 0 radical (unpaired) electrons. The van der Waals surface area contributed by atoms with Crippen molar-refractivity contribution >= 4 is 11.6 Å². The molecule has 0 aliphatic carbocycles. The first kappa shape index (κ1) is 12.2. The van der Waals surface area contributed by atoms with Gasteiger partial charge in [0, 0.05) is 10.6 Å². The van der Waals surface area contributed by atoms with Crippen LogP contribution in [0.1, 0.15) is 18.2 Å². The summed E-state index contributed by atoms with van der Waals surface area (Å²) in [6.45, 7) is 6.09. The van der Waals surface area contributed by atoms with E-state index >= 15 is 0 Å². The quantitative estimate of drug-likeness (QED) is 0.888. The Hall–Kier alpha value is -1.25. The zero-order chi connectivity index (χ0) is 12.3. The molecule has 1 aromatic heterocycles. The van der Waals surface area contributed by atoms with Gasteiger partial charge in [0.1, 0.15) is 12.3 Å². The summed E-state index contributed by atoms with van der Waals surface area (Å²) in [5.74, 6) is 1.89. The Bertz CT molecular complexity index is 505. The molecule has 0 bridgehead atoms. The van der Waals surface area contributed by atoms with Gasteiger partial charge in [0.2, 0.25) is 0 Å². The fourth-order valence-electron chi connectivity index (χ4n) is 1.79. The predicted molar refractivity (Wildman–Crippen MR) is 70.1 cm³/mol. The van der Waals surface area contributed by atoms with Gasteiger partial charge in [-0.2, -0.15) is 0 Å². The maximum absolute atomic E-state index is 6.11. The molecule has 0 aliphatic rings. The van der Waals surface area contributed by atoms with E-state index in [0.717, 1.165) is 40.8 Å². The van der Waals surface area contributed by atoms with E-state index in [0.29, 0.717) is 0 Å². The summed E-state index contributed by atoms with van der Waals surface area (Å²) in [7, 11) is 0. The van der Waals surface area contributed by atoms with Gasteiger partial charge in [0.15, 0.2) is 5.76 Å². The molecule has 0 aliphatic heterocycles. The Morgan fingerprint density at radius 1 is 1.24 bits per heavy atom. The fraction of sp³-hybridized carbons (Fsp3) is 0.286. The minimum Gasteiger partial charge on any atom is -0.455 e.